The Hall–Kier alpha value is -2.05. The molecule has 0 unspecified atom stereocenters. The largest absolute Gasteiger partial charge is 0.389 e. The highest BCUT2D eigenvalue weighted by Crippen LogP contribution is 2.21. The summed E-state index contributed by atoms with van der Waals surface area (Å²) in [6.07, 6.45) is 0. The lowest BCUT2D eigenvalue weighted by Gasteiger charge is -2.09. The number of pyridine rings is 1. The van der Waals surface area contributed by atoms with Gasteiger partial charge >= 0.3 is 0 Å². The lowest BCUT2D eigenvalue weighted by atomic mass is 10.1. The Labute approximate surface area is 132 Å². The average Bonchev–Trinajstić information content (AvgIpc) is 2.89. The highest BCUT2D eigenvalue weighted by atomic mass is 32.1. The molecule has 0 aliphatic rings. The van der Waals surface area contributed by atoms with Crippen molar-refractivity contribution >= 4 is 45.3 Å². The Morgan fingerprint density at radius 3 is 2.86 bits per heavy atom. The number of para-hydroxylation sites is 1. The van der Waals surface area contributed by atoms with E-state index in [1.54, 1.807) is 11.3 Å². The molecule has 0 saturated heterocycles. The number of hydrogen-bond acceptors (Lipinski definition) is 5. The minimum atomic E-state index is 0.377. The zero-order valence-electron chi connectivity index (χ0n) is 11.5. The van der Waals surface area contributed by atoms with Gasteiger partial charge in [-0.2, -0.15) is 0 Å². The number of rotatable bonds is 4. The van der Waals surface area contributed by atoms with Gasteiger partial charge in [0.25, 0.3) is 0 Å². The number of nitrogens with one attached hydrogen (secondary N) is 1. The van der Waals surface area contributed by atoms with Crippen molar-refractivity contribution < 1.29 is 0 Å². The van der Waals surface area contributed by atoms with Crippen LogP contribution in [0.5, 0.6) is 0 Å². The Kier molecular flexibility index (Phi) is 3.81. The molecule has 0 fully saturated rings. The van der Waals surface area contributed by atoms with Gasteiger partial charge in [0.1, 0.15) is 15.8 Å². The van der Waals surface area contributed by atoms with Crippen molar-refractivity contribution in [2.45, 2.75) is 13.5 Å². The van der Waals surface area contributed by atoms with Crippen molar-refractivity contribution in [3.05, 3.63) is 52.0 Å². The molecule has 2 aromatic heterocycles. The summed E-state index contributed by atoms with van der Waals surface area (Å²) in [7, 11) is 0. The van der Waals surface area contributed by atoms with Gasteiger partial charge in [-0.3, -0.25) is 0 Å². The number of aryl methyl sites for hydroxylation is 1. The quantitative estimate of drug-likeness (QED) is 0.724. The normalized spacial score (nSPS) is 10.7. The van der Waals surface area contributed by atoms with E-state index in [1.165, 1.54) is 0 Å². The van der Waals surface area contributed by atoms with Crippen molar-refractivity contribution in [3.8, 4) is 0 Å². The number of nitrogens with two attached hydrogens (primary N) is 1. The zero-order valence-corrected chi connectivity index (χ0v) is 13.1. The van der Waals surface area contributed by atoms with Gasteiger partial charge < -0.3 is 11.1 Å². The molecule has 0 amide bonds. The molecule has 0 bridgehead atoms. The summed E-state index contributed by atoms with van der Waals surface area (Å²) < 4.78 is 0. The first kappa shape index (κ1) is 13.9. The lowest BCUT2D eigenvalue weighted by molar-refractivity contribution is 1.06. The average molecular weight is 314 g/mol. The van der Waals surface area contributed by atoms with Crippen LogP contribution in [0.4, 0.5) is 5.82 Å². The third-order valence-electron chi connectivity index (χ3n) is 3.07. The Bertz CT molecular complexity index is 810. The van der Waals surface area contributed by atoms with Crippen LogP contribution in [-0.4, -0.2) is 15.0 Å². The van der Waals surface area contributed by atoms with Gasteiger partial charge in [0.15, 0.2) is 0 Å². The van der Waals surface area contributed by atoms with Crippen LogP contribution >= 0.6 is 23.6 Å². The van der Waals surface area contributed by atoms with Gasteiger partial charge in [-0.05, 0) is 19.1 Å². The molecule has 0 atom stereocenters. The molecule has 0 aliphatic carbocycles. The summed E-state index contributed by atoms with van der Waals surface area (Å²) in [5, 5.41) is 7.32. The molecule has 2 heterocycles. The molecule has 3 rings (SSSR count). The highest BCUT2D eigenvalue weighted by molar-refractivity contribution is 7.80. The Balaban J connectivity index is 1.93. The minimum Gasteiger partial charge on any atom is -0.389 e. The topological polar surface area (TPSA) is 63.8 Å². The third-order valence-corrected chi connectivity index (χ3v) is 4.26. The van der Waals surface area contributed by atoms with Crippen LogP contribution in [0.1, 0.15) is 16.3 Å². The van der Waals surface area contributed by atoms with E-state index in [0.29, 0.717) is 11.5 Å². The van der Waals surface area contributed by atoms with E-state index in [1.807, 2.05) is 42.6 Å². The number of thiazole rings is 1. The molecule has 21 heavy (non-hydrogen) atoms. The van der Waals surface area contributed by atoms with Gasteiger partial charge in [0.05, 0.1) is 12.1 Å². The maximum Gasteiger partial charge on any atom is 0.127 e. The van der Waals surface area contributed by atoms with E-state index in [-0.39, 0.29) is 0 Å². The van der Waals surface area contributed by atoms with Crippen molar-refractivity contribution in [2.24, 2.45) is 5.73 Å². The molecule has 3 N–H and O–H groups in total. The van der Waals surface area contributed by atoms with Crippen LogP contribution < -0.4 is 11.1 Å². The maximum absolute atomic E-state index is 5.82. The second-order valence-corrected chi connectivity index (χ2v) is 6.06. The van der Waals surface area contributed by atoms with Gasteiger partial charge in [-0.15, -0.1) is 11.3 Å². The first-order valence-electron chi connectivity index (χ1n) is 6.48. The SMILES string of the molecule is Cc1csc(CNc2cc(C(N)=S)c3ccccc3n2)n1. The van der Waals surface area contributed by atoms with Crippen LogP contribution in [-0.2, 0) is 6.54 Å². The molecule has 0 spiro atoms. The zero-order chi connectivity index (χ0) is 14.8. The Morgan fingerprint density at radius 2 is 2.14 bits per heavy atom. The molecule has 0 saturated carbocycles. The number of thiocarbonyl (C=S) groups is 1. The first-order chi connectivity index (χ1) is 10.1. The minimum absolute atomic E-state index is 0.377. The number of nitrogens with zero attached hydrogens (tertiary/aromatic N) is 2. The number of fused-ring (bicyclic) bond motifs is 1. The van der Waals surface area contributed by atoms with E-state index in [2.05, 4.69) is 15.3 Å². The van der Waals surface area contributed by atoms with Crippen molar-refractivity contribution in [1.29, 1.82) is 0 Å². The van der Waals surface area contributed by atoms with Gasteiger partial charge in [0.2, 0.25) is 0 Å². The van der Waals surface area contributed by atoms with Crippen LogP contribution in [0.25, 0.3) is 10.9 Å². The van der Waals surface area contributed by atoms with E-state index in [9.17, 15) is 0 Å². The van der Waals surface area contributed by atoms with E-state index in [4.69, 9.17) is 18.0 Å². The van der Waals surface area contributed by atoms with Crippen LogP contribution in [0.2, 0.25) is 0 Å². The predicted octanol–water partition coefficient (Wildman–Crippen LogP) is 3.25. The van der Waals surface area contributed by atoms with Crippen LogP contribution in [0, 0.1) is 6.92 Å². The third kappa shape index (κ3) is 3.01. The van der Waals surface area contributed by atoms with Gasteiger partial charge in [-0.25, -0.2) is 9.97 Å². The van der Waals surface area contributed by atoms with Crippen molar-refractivity contribution in [3.63, 3.8) is 0 Å². The number of benzene rings is 1. The van der Waals surface area contributed by atoms with E-state index in [0.717, 1.165) is 33.0 Å². The number of anilines is 1. The Morgan fingerprint density at radius 1 is 1.33 bits per heavy atom. The first-order valence-corrected chi connectivity index (χ1v) is 7.77. The molecule has 1 aromatic carbocycles. The fraction of sp³-hybridized carbons (Fsp3) is 0.133. The van der Waals surface area contributed by atoms with E-state index >= 15 is 0 Å². The molecule has 4 nitrogen and oxygen atoms in total. The van der Waals surface area contributed by atoms with Crippen LogP contribution in [0.15, 0.2) is 35.7 Å². The standard InChI is InChI=1S/C15H14N4S2/c1-9-8-21-14(18-9)7-17-13-6-11(15(16)20)10-4-2-3-5-12(10)19-13/h2-6,8H,7H2,1H3,(H2,16,20)(H,17,19). The van der Waals surface area contributed by atoms with Crippen LogP contribution in [0.3, 0.4) is 0 Å². The molecular weight excluding hydrogens is 300 g/mol. The van der Waals surface area contributed by atoms with Crippen molar-refractivity contribution in [2.75, 3.05) is 5.32 Å². The number of hydrogen-bond donors (Lipinski definition) is 2. The summed E-state index contributed by atoms with van der Waals surface area (Å²) >= 11 is 6.77. The fourth-order valence-corrected chi connectivity index (χ4v) is 3.00. The van der Waals surface area contributed by atoms with Gasteiger partial charge in [0, 0.05) is 22.0 Å². The number of aromatic nitrogens is 2. The van der Waals surface area contributed by atoms with Crippen molar-refractivity contribution in [1.82, 2.24) is 9.97 Å². The van der Waals surface area contributed by atoms with Gasteiger partial charge in [-0.1, -0.05) is 30.4 Å². The highest BCUT2D eigenvalue weighted by Gasteiger charge is 2.08. The summed E-state index contributed by atoms with van der Waals surface area (Å²) in [6.45, 7) is 2.62. The second kappa shape index (κ2) is 5.75. The smallest absolute Gasteiger partial charge is 0.127 e. The summed E-state index contributed by atoms with van der Waals surface area (Å²) in [6, 6.07) is 9.73. The molecule has 0 radical (unpaired) electrons. The second-order valence-electron chi connectivity index (χ2n) is 4.67. The summed E-state index contributed by atoms with van der Waals surface area (Å²) in [5.41, 5.74) is 8.58. The van der Waals surface area contributed by atoms with E-state index < -0.39 is 0 Å². The lowest BCUT2D eigenvalue weighted by Crippen LogP contribution is -2.12. The fourth-order valence-electron chi connectivity index (χ4n) is 2.12. The summed E-state index contributed by atoms with van der Waals surface area (Å²) in [5.74, 6) is 0.754. The molecule has 6 heteroatoms. The summed E-state index contributed by atoms with van der Waals surface area (Å²) in [4.78, 5) is 9.39. The molecule has 106 valence electrons. The molecule has 0 aliphatic heterocycles. The molecule has 3 aromatic rings. The monoisotopic (exact) mass is 314 g/mol. The predicted molar refractivity (Wildman–Crippen MR) is 91.8 cm³/mol. The maximum atomic E-state index is 5.82. The molecular formula is C15H14N4S2.